The van der Waals surface area contributed by atoms with Gasteiger partial charge in [0, 0.05) is 12.6 Å². The van der Waals surface area contributed by atoms with Gasteiger partial charge in [0.1, 0.15) is 0 Å². The van der Waals surface area contributed by atoms with Gasteiger partial charge in [-0.15, -0.1) is 0 Å². The highest BCUT2D eigenvalue weighted by atomic mass is 79.9. The highest BCUT2D eigenvalue weighted by molar-refractivity contribution is 9.10. The summed E-state index contributed by atoms with van der Waals surface area (Å²) >= 11 is 3.44. The van der Waals surface area contributed by atoms with E-state index in [-0.39, 0.29) is 4.83 Å². The summed E-state index contributed by atoms with van der Waals surface area (Å²) < 4.78 is 0. The monoisotopic (exact) mass is 261 g/mol. The van der Waals surface area contributed by atoms with Gasteiger partial charge in [0.05, 0.1) is 4.83 Å². The van der Waals surface area contributed by atoms with Gasteiger partial charge in [-0.2, -0.15) is 0 Å². The van der Waals surface area contributed by atoms with Crippen LogP contribution < -0.4 is 0 Å². The second kappa shape index (κ2) is 5.74. The van der Waals surface area contributed by atoms with Gasteiger partial charge in [-0.05, 0) is 32.1 Å². The lowest BCUT2D eigenvalue weighted by Gasteiger charge is -2.36. The van der Waals surface area contributed by atoms with Crippen molar-refractivity contribution in [1.29, 1.82) is 0 Å². The van der Waals surface area contributed by atoms with Gasteiger partial charge >= 0.3 is 0 Å². The van der Waals surface area contributed by atoms with Gasteiger partial charge in [-0.3, -0.25) is 4.79 Å². The molecule has 14 heavy (non-hydrogen) atoms. The highest BCUT2D eigenvalue weighted by Gasteiger charge is 2.28. The Balaban J connectivity index is 2.58. The molecule has 1 amide bonds. The molecular formula is C11H20BrNO. The molecular weight excluding hydrogens is 242 g/mol. The molecule has 1 fully saturated rings. The number of halogens is 1. The number of nitrogens with zero attached hydrogens (tertiary/aromatic N) is 1. The summed E-state index contributed by atoms with van der Waals surface area (Å²) in [6.45, 7) is 5.17. The van der Waals surface area contributed by atoms with E-state index in [0.717, 1.165) is 19.4 Å². The molecule has 1 aliphatic heterocycles. The maximum atomic E-state index is 12.0. The van der Waals surface area contributed by atoms with Crippen molar-refractivity contribution in [2.75, 3.05) is 6.54 Å². The number of amides is 1. The molecule has 0 unspecified atom stereocenters. The van der Waals surface area contributed by atoms with Crippen LogP contribution >= 0.6 is 15.9 Å². The molecule has 2 atom stereocenters. The minimum absolute atomic E-state index is 0.0228. The zero-order valence-corrected chi connectivity index (χ0v) is 10.7. The second-order valence-corrected chi connectivity index (χ2v) is 5.07. The number of alkyl halides is 1. The first-order valence-corrected chi connectivity index (χ1v) is 6.56. The number of likely N-dealkylation sites (tertiary alicyclic amines) is 1. The van der Waals surface area contributed by atoms with E-state index in [9.17, 15) is 4.79 Å². The first-order chi connectivity index (χ1) is 6.70. The Kier molecular flexibility index (Phi) is 4.93. The van der Waals surface area contributed by atoms with Crippen molar-refractivity contribution in [2.24, 2.45) is 0 Å². The van der Waals surface area contributed by atoms with E-state index < -0.39 is 0 Å². The molecule has 2 nitrogen and oxygen atoms in total. The van der Waals surface area contributed by atoms with Gasteiger partial charge in [0.2, 0.25) is 5.91 Å². The summed E-state index contributed by atoms with van der Waals surface area (Å²) in [4.78, 5) is 14.1. The van der Waals surface area contributed by atoms with E-state index >= 15 is 0 Å². The number of carbonyl (C=O) groups excluding carboxylic acids is 1. The van der Waals surface area contributed by atoms with Gasteiger partial charge in [-0.1, -0.05) is 29.8 Å². The standard InChI is InChI=1S/C11H20BrNO/c1-3-9-7-5-6-8-13(9)11(14)10(12)4-2/h9-10H,3-8H2,1-2H3/t9-,10-/m0/s1. The third-order valence-corrected chi connectivity index (χ3v) is 4.05. The summed E-state index contributed by atoms with van der Waals surface area (Å²) in [5.74, 6) is 0.291. The largest absolute Gasteiger partial charge is 0.339 e. The summed E-state index contributed by atoms with van der Waals surface area (Å²) in [5, 5.41) is 0. The molecule has 3 heteroatoms. The first-order valence-electron chi connectivity index (χ1n) is 5.65. The number of rotatable bonds is 3. The van der Waals surface area contributed by atoms with E-state index in [0.29, 0.717) is 11.9 Å². The maximum absolute atomic E-state index is 12.0. The van der Waals surface area contributed by atoms with Crippen molar-refractivity contribution in [1.82, 2.24) is 4.90 Å². The fraction of sp³-hybridized carbons (Fsp3) is 0.909. The van der Waals surface area contributed by atoms with Crippen molar-refractivity contribution < 1.29 is 4.79 Å². The number of carbonyl (C=O) groups is 1. The summed E-state index contributed by atoms with van der Waals surface area (Å²) in [6, 6.07) is 0.489. The van der Waals surface area contributed by atoms with Crippen LogP contribution in [0.5, 0.6) is 0 Å². The van der Waals surface area contributed by atoms with Gasteiger partial charge in [-0.25, -0.2) is 0 Å². The van der Waals surface area contributed by atoms with Crippen LogP contribution in [-0.4, -0.2) is 28.2 Å². The molecule has 82 valence electrons. The highest BCUT2D eigenvalue weighted by Crippen LogP contribution is 2.22. The molecule has 0 bridgehead atoms. The predicted octanol–water partition coefficient (Wildman–Crippen LogP) is 2.95. The quantitative estimate of drug-likeness (QED) is 0.716. The van der Waals surface area contributed by atoms with Gasteiger partial charge in [0.15, 0.2) is 0 Å². The van der Waals surface area contributed by atoms with Gasteiger partial charge in [0.25, 0.3) is 0 Å². The lowest BCUT2D eigenvalue weighted by Crippen LogP contribution is -2.46. The molecule has 0 aliphatic carbocycles. The molecule has 1 aliphatic rings. The predicted molar refractivity (Wildman–Crippen MR) is 62.6 cm³/mol. The molecule has 0 spiro atoms. The molecule has 0 aromatic carbocycles. The summed E-state index contributed by atoms with van der Waals surface area (Å²) in [6.07, 6.45) is 5.61. The minimum Gasteiger partial charge on any atom is -0.339 e. The molecule has 0 N–H and O–H groups in total. The normalized spacial score (nSPS) is 24.8. The average Bonchev–Trinajstić information content (AvgIpc) is 2.26. The van der Waals surface area contributed by atoms with Crippen molar-refractivity contribution in [3.8, 4) is 0 Å². The van der Waals surface area contributed by atoms with E-state index in [1.807, 2.05) is 6.92 Å². The molecule has 0 aromatic heterocycles. The van der Waals surface area contributed by atoms with Crippen LogP contribution in [0.3, 0.4) is 0 Å². The zero-order valence-electron chi connectivity index (χ0n) is 9.13. The molecule has 0 saturated carbocycles. The van der Waals surface area contributed by atoms with Crippen LogP contribution in [0.4, 0.5) is 0 Å². The molecule has 1 rings (SSSR count). The van der Waals surface area contributed by atoms with E-state index in [2.05, 4.69) is 27.8 Å². The minimum atomic E-state index is 0.0228. The fourth-order valence-electron chi connectivity index (χ4n) is 2.07. The Morgan fingerprint density at radius 3 is 2.79 bits per heavy atom. The Morgan fingerprint density at radius 2 is 2.21 bits per heavy atom. The average molecular weight is 262 g/mol. The third-order valence-electron chi connectivity index (χ3n) is 3.01. The van der Waals surface area contributed by atoms with Crippen molar-refractivity contribution in [2.45, 2.75) is 56.8 Å². The Hall–Kier alpha value is -0.0500. The maximum Gasteiger partial charge on any atom is 0.236 e. The lowest BCUT2D eigenvalue weighted by molar-refractivity contribution is -0.134. The van der Waals surface area contributed by atoms with E-state index in [1.54, 1.807) is 0 Å². The summed E-state index contributed by atoms with van der Waals surface area (Å²) in [5.41, 5.74) is 0. The van der Waals surface area contributed by atoms with Crippen LogP contribution in [0.15, 0.2) is 0 Å². The number of piperidine rings is 1. The SMILES string of the molecule is CC[C@H]1CCCCN1C(=O)[C@@H](Br)CC. The van der Waals surface area contributed by atoms with Crippen molar-refractivity contribution in [3.05, 3.63) is 0 Å². The smallest absolute Gasteiger partial charge is 0.236 e. The van der Waals surface area contributed by atoms with Crippen molar-refractivity contribution in [3.63, 3.8) is 0 Å². The molecule has 1 heterocycles. The Morgan fingerprint density at radius 1 is 1.50 bits per heavy atom. The number of hydrogen-bond acceptors (Lipinski definition) is 1. The van der Waals surface area contributed by atoms with E-state index in [4.69, 9.17) is 0 Å². The topological polar surface area (TPSA) is 20.3 Å². The number of hydrogen-bond donors (Lipinski definition) is 0. The van der Waals surface area contributed by atoms with Crippen molar-refractivity contribution >= 4 is 21.8 Å². The lowest BCUT2D eigenvalue weighted by atomic mass is 9.99. The van der Waals surface area contributed by atoms with Crippen LogP contribution in [0.1, 0.15) is 46.0 Å². The summed E-state index contributed by atoms with van der Waals surface area (Å²) in [7, 11) is 0. The Labute approximate surface area is 95.2 Å². The van der Waals surface area contributed by atoms with E-state index in [1.165, 1.54) is 19.3 Å². The van der Waals surface area contributed by atoms with Gasteiger partial charge < -0.3 is 4.90 Å². The molecule has 0 radical (unpaired) electrons. The first kappa shape index (κ1) is 12.0. The molecule has 0 aromatic rings. The van der Waals surface area contributed by atoms with Crippen LogP contribution in [0.2, 0.25) is 0 Å². The van der Waals surface area contributed by atoms with Crippen LogP contribution in [0, 0.1) is 0 Å². The Bertz CT molecular complexity index is 196. The third kappa shape index (κ3) is 2.72. The fourth-order valence-corrected chi connectivity index (χ4v) is 2.33. The molecule has 1 saturated heterocycles. The second-order valence-electron chi connectivity index (χ2n) is 3.97. The zero-order chi connectivity index (χ0) is 10.6. The van der Waals surface area contributed by atoms with Crippen LogP contribution in [0.25, 0.3) is 0 Å². The van der Waals surface area contributed by atoms with Crippen LogP contribution in [-0.2, 0) is 4.79 Å².